The number of rotatable bonds is 8. The first-order chi connectivity index (χ1) is 14.5. The van der Waals surface area contributed by atoms with Crippen molar-refractivity contribution in [2.45, 2.75) is 24.9 Å². The molecule has 2 N–H and O–H groups in total. The standard InChI is InChI=1S/C22H24N4O3S/c1-2-26(17-18-7-4-3-5-8-18)30(28,29)21-12-10-20(11-13-21)25-22(27)24-16-19-9-6-14-23-15-19/h3-15H,2,16-17H2,1H3,(H2,24,25,27). The molecule has 3 aromatic rings. The van der Waals surface area contributed by atoms with Gasteiger partial charge in [-0.3, -0.25) is 4.98 Å². The summed E-state index contributed by atoms with van der Waals surface area (Å²) in [6, 6.07) is 18.9. The summed E-state index contributed by atoms with van der Waals surface area (Å²) in [5.74, 6) is 0. The first-order valence-electron chi connectivity index (χ1n) is 9.57. The van der Waals surface area contributed by atoms with Crippen LogP contribution in [0.1, 0.15) is 18.1 Å². The lowest BCUT2D eigenvalue weighted by Gasteiger charge is -2.21. The third-order valence-corrected chi connectivity index (χ3v) is 6.42. The number of nitrogens with zero attached hydrogens (tertiary/aromatic N) is 2. The zero-order valence-corrected chi connectivity index (χ0v) is 17.5. The van der Waals surface area contributed by atoms with Crippen LogP contribution in [0, 0.1) is 0 Å². The van der Waals surface area contributed by atoms with Crippen LogP contribution >= 0.6 is 0 Å². The minimum atomic E-state index is -3.64. The Morgan fingerprint density at radius 3 is 2.30 bits per heavy atom. The number of anilines is 1. The van der Waals surface area contributed by atoms with Gasteiger partial charge in [0.2, 0.25) is 10.0 Å². The molecule has 7 nitrogen and oxygen atoms in total. The van der Waals surface area contributed by atoms with Crippen LogP contribution in [-0.2, 0) is 23.1 Å². The topological polar surface area (TPSA) is 91.4 Å². The Bertz CT molecular complexity index is 1060. The first-order valence-corrected chi connectivity index (χ1v) is 11.0. The Labute approximate surface area is 176 Å². The monoisotopic (exact) mass is 424 g/mol. The third-order valence-electron chi connectivity index (χ3n) is 4.48. The molecule has 2 amide bonds. The summed E-state index contributed by atoms with van der Waals surface area (Å²) in [6.07, 6.45) is 3.34. The molecule has 0 aliphatic rings. The van der Waals surface area contributed by atoms with E-state index in [0.29, 0.717) is 25.3 Å². The number of benzene rings is 2. The van der Waals surface area contributed by atoms with E-state index in [0.717, 1.165) is 11.1 Å². The average Bonchev–Trinajstić information content (AvgIpc) is 2.78. The Kier molecular flexibility index (Phi) is 7.16. The van der Waals surface area contributed by atoms with Crippen molar-refractivity contribution in [3.63, 3.8) is 0 Å². The van der Waals surface area contributed by atoms with E-state index in [4.69, 9.17) is 0 Å². The van der Waals surface area contributed by atoms with Gasteiger partial charge in [-0.15, -0.1) is 0 Å². The van der Waals surface area contributed by atoms with Crippen molar-refractivity contribution < 1.29 is 13.2 Å². The van der Waals surface area contributed by atoms with E-state index in [9.17, 15) is 13.2 Å². The summed E-state index contributed by atoms with van der Waals surface area (Å²) < 4.78 is 27.4. The van der Waals surface area contributed by atoms with Gasteiger partial charge in [-0.2, -0.15) is 4.31 Å². The van der Waals surface area contributed by atoms with Gasteiger partial charge < -0.3 is 10.6 Å². The molecule has 0 saturated heterocycles. The van der Waals surface area contributed by atoms with Gasteiger partial charge in [0.15, 0.2) is 0 Å². The molecular formula is C22H24N4O3S. The molecular weight excluding hydrogens is 400 g/mol. The van der Waals surface area contributed by atoms with E-state index < -0.39 is 10.0 Å². The molecule has 0 radical (unpaired) electrons. The van der Waals surface area contributed by atoms with Crippen LogP contribution in [0.4, 0.5) is 10.5 Å². The fourth-order valence-corrected chi connectivity index (χ4v) is 4.31. The zero-order valence-electron chi connectivity index (χ0n) is 16.7. The van der Waals surface area contributed by atoms with Crippen molar-refractivity contribution >= 4 is 21.7 Å². The van der Waals surface area contributed by atoms with Crippen molar-refractivity contribution in [1.82, 2.24) is 14.6 Å². The molecule has 0 aliphatic heterocycles. The van der Waals surface area contributed by atoms with Gasteiger partial charge in [-0.1, -0.05) is 43.3 Å². The molecule has 1 aromatic heterocycles. The zero-order chi connectivity index (χ0) is 21.4. The fraction of sp³-hybridized carbons (Fsp3) is 0.182. The Morgan fingerprint density at radius 2 is 1.67 bits per heavy atom. The maximum atomic E-state index is 13.0. The molecule has 0 spiro atoms. The van der Waals surface area contributed by atoms with Crippen molar-refractivity contribution in [3.05, 3.63) is 90.3 Å². The van der Waals surface area contributed by atoms with E-state index in [1.807, 2.05) is 43.3 Å². The Balaban J connectivity index is 1.62. The smallest absolute Gasteiger partial charge is 0.319 e. The lowest BCUT2D eigenvalue weighted by molar-refractivity contribution is 0.251. The van der Waals surface area contributed by atoms with Gasteiger partial charge >= 0.3 is 6.03 Å². The van der Waals surface area contributed by atoms with Crippen LogP contribution in [0.3, 0.4) is 0 Å². The van der Waals surface area contributed by atoms with E-state index in [2.05, 4.69) is 15.6 Å². The molecule has 2 aromatic carbocycles. The quantitative estimate of drug-likeness (QED) is 0.578. The maximum Gasteiger partial charge on any atom is 0.319 e. The number of carbonyl (C=O) groups excluding carboxylic acids is 1. The molecule has 0 saturated carbocycles. The normalized spacial score (nSPS) is 11.3. The highest BCUT2D eigenvalue weighted by Crippen LogP contribution is 2.20. The van der Waals surface area contributed by atoms with Gasteiger partial charge in [0.1, 0.15) is 0 Å². The summed E-state index contributed by atoms with van der Waals surface area (Å²) in [5, 5.41) is 5.43. The van der Waals surface area contributed by atoms with Gasteiger partial charge in [0.05, 0.1) is 4.90 Å². The number of urea groups is 1. The number of hydrogen-bond acceptors (Lipinski definition) is 4. The molecule has 0 unspecified atom stereocenters. The maximum absolute atomic E-state index is 13.0. The predicted molar refractivity (Wildman–Crippen MR) is 116 cm³/mol. The summed E-state index contributed by atoms with van der Waals surface area (Å²) in [4.78, 5) is 16.2. The van der Waals surface area contributed by atoms with E-state index in [1.54, 1.807) is 30.6 Å². The van der Waals surface area contributed by atoms with Gasteiger partial charge in [-0.05, 0) is 41.5 Å². The number of pyridine rings is 1. The molecule has 3 rings (SSSR count). The minimum Gasteiger partial charge on any atom is -0.334 e. The number of nitrogens with one attached hydrogen (secondary N) is 2. The summed E-state index contributed by atoms with van der Waals surface area (Å²) >= 11 is 0. The van der Waals surface area contributed by atoms with Gasteiger partial charge in [0, 0.05) is 37.7 Å². The Hall–Kier alpha value is -3.23. The highest BCUT2D eigenvalue weighted by Gasteiger charge is 2.23. The highest BCUT2D eigenvalue weighted by atomic mass is 32.2. The predicted octanol–water partition coefficient (Wildman–Crippen LogP) is 3.61. The molecule has 8 heteroatoms. The van der Waals surface area contributed by atoms with Crippen LogP contribution in [0.15, 0.2) is 84.0 Å². The van der Waals surface area contributed by atoms with Crippen LogP contribution in [-0.4, -0.2) is 30.3 Å². The molecule has 0 atom stereocenters. The number of aromatic nitrogens is 1. The SMILES string of the molecule is CCN(Cc1ccccc1)S(=O)(=O)c1ccc(NC(=O)NCc2cccnc2)cc1. The van der Waals surface area contributed by atoms with Crippen molar-refractivity contribution in [3.8, 4) is 0 Å². The number of sulfonamides is 1. The van der Waals surface area contributed by atoms with Crippen LogP contribution < -0.4 is 10.6 Å². The largest absolute Gasteiger partial charge is 0.334 e. The van der Waals surface area contributed by atoms with E-state index in [1.165, 1.54) is 16.4 Å². The molecule has 0 aliphatic carbocycles. The molecule has 0 bridgehead atoms. The lowest BCUT2D eigenvalue weighted by atomic mass is 10.2. The summed E-state index contributed by atoms with van der Waals surface area (Å²) in [6.45, 7) is 2.81. The van der Waals surface area contributed by atoms with Gasteiger partial charge in [-0.25, -0.2) is 13.2 Å². The van der Waals surface area contributed by atoms with Gasteiger partial charge in [0.25, 0.3) is 0 Å². The number of carbonyl (C=O) groups is 1. The Morgan fingerprint density at radius 1 is 0.967 bits per heavy atom. The molecule has 1 heterocycles. The highest BCUT2D eigenvalue weighted by molar-refractivity contribution is 7.89. The number of hydrogen-bond donors (Lipinski definition) is 2. The van der Waals surface area contributed by atoms with Crippen molar-refractivity contribution in [1.29, 1.82) is 0 Å². The lowest BCUT2D eigenvalue weighted by Crippen LogP contribution is -2.30. The second kappa shape index (κ2) is 10.00. The van der Waals surface area contributed by atoms with E-state index >= 15 is 0 Å². The second-order valence-corrected chi connectivity index (χ2v) is 8.55. The number of amides is 2. The first kappa shape index (κ1) is 21.5. The van der Waals surface area contributed by atoms with Crippen LogP contribution in [0.25, 0.3) is 0 Å². The average molecular weight is 425 g/mol. The van der Waals surface area contributed by atoms with Crippen LogP contribution in [0.2, 0.25) is 0 Å². The summed E-state index contributed by atoms with van der Waals surface area (Å²) in [7, 11) is -3.64. The van der Waals surface area contributed by atoms with E-state index in [-0.39, 0.29) is 10.9 Å². The van der Waals surface area contributed by atoms with Crippen molar-refractivity contribution in [2.24, 2.45) is 0 Å². The van der Waals surface area contributed by atoms with Crippen molar-refractivity contribution in [2.75, 3.05) is 11.9 Å². The molecule has 30 heavy (non-hydrogen) atoms. The third kappa shape index (κ3) is 5.65. The minimum absolute atomic E-state index is 0.182. The summed E-state index contributed by atoms with van der Waals surface area (Å²) in [5.41, 5.74) is 2.31. The van der Waals surface area contributed by atoms with Crippen LogP contribution in [0.5, 0.6) is 0 Å². The fourth-order valence-electron chi connectivity index (χ4n) is 2.87. The molecule has 0 fully saturated rings. The molecule has 156 valence electrons. The second-order valence-electron chi connectivity index (χ2n) is 6.61.